The van der Waals surface area contributed by atoms with E-state index >= 15 is 0 Å². The van der Waals surface area contributed by atoms with Crippen molar-refractivity contribution in [1.82, 2.24) is 9.80 Å². The number of ether oxygens (including phenoxy) is 1. The fraction of sp³-hybridized carbons (Fsp3) is 0.471. The van der Waals surface area contributed by atoms with Crippen molar-refractivity contribution >= 4 is 57.4 Å². The number of thioether (sulfide) groups is 1. The Kier molecular flexibility index (Phi) is 9.75. The zero-order chi connectivity index (χ0) is 19.7. The van der Waals surface area contributed by atoms with Crippen LogP contribution in [-0.4, -0.2) is 65.5 Å². The van der Waals surface area contributed by atoms with E-state index in [1.54, 1.807) is 25.2 Å². The number of rotatable bonds is 8. The second-order valence-electron chi connectivity index (χ2n) is 5.37. The first-order valence-corrected chi connectivity index (χ1v) is 9.88. The molecule has 1 N–H and O–H groups in total. The Balaban J connectivity index is 2.55. The highest BCUT2D eigenvalue weighted by Gasteiger charge is 2.16. The Morgan fingerprint density at radius 3 is 2.54 bits per heavy atom. The van der Waals surface area contributed by atoms with E-state index in [1.165, 1.54) is 23.8 Å². The number of nitrogens with one attached hydrogen (secondary N) is 1. The van der Waals surface area contributed by atoms with Gasteiger partial charge in [0.05, 0.1) is 25.1 Å². The van der Waals surface area contributed by atoms with E-state index in [0.29, 0.717) is 20.8 Å². The number of methoxy groups -OCH3 is 1. The quantitative estimate of drug-likeness (QED) is 0.656. The van der Waals surface area contributed by atoms with Crippen molar-refractivity contribution in [3.63, 3.8) is 0 Å². The summed E-state index contributed by atoms with van der Waals surface area (Å²) in [5.74, 6) is 0.187. The van der Waals surface area contributed by atoms with Crippen LogP contribution < -0.4 is 10.1 Å². The van der Waals surface area contributed by atoms with Crippen LogP contribution in [0, 0.1) is 0 Å². The molecule has 0 aliphatic rings. The van der Waals surface area contributed by atoms with Crippen molar-refractivity contribution in [2.24, 2.45) is 0 Å². The zero-order valence-corrected chi connectivity index (χ0v) is 17.8. The predicted octanol–water partition coefficient (Wildman–Crippen LogP) is 3.11. The lowest BCUT2D eigenvalue weighted by Gasteiger charge is -2.22. The summed E-state index contributed by atoms with van der Waals surface area (Å²) in [6.45, 7) is 5.55. The van der Waals surface area contributed by atoms with Gasteiger partial charge in [0, 0.05) is 25.2 Å². The van der Waals surface area contributed by atoms with Crippen LogP contribution in [0.3, 0.4) is 0 Å². The van der Waals surface area contributed by atoms with Crippen LogP contribution in [0.4, 0.5) is 5.69 Å². The summed E-state index contributed by atoms with van der Waals surface area (Å²) in [4.78, 5) is 27.8. The van der Waals surface area contributed by atoms with Crippen LogP contribution >= 0.6 is 35.6 Å². The topological polar surface area (TPSA) is 61.9 Å². The van der Waals surface area contributed by atoms with Gasteiger partial charge in [-0.2, -0.15) is 0 Å². The molecule has 0 saturated heterocycles. The molecule has 0 spiro atoms. The maximum Gasteiger partial charge on any atom is 0.244 e. The fourth-order valence-electron chi connectivity index (χ4n) is 2.08. The van der Waals surface area contributed by atoms with Crippen LogP contribution in [0.25, 0.3) is 0 Å². The Bertz CT molecular complexity index is 654. The van der Waals surface area contributed by atoms with E-state index in [0.717, 1.165) is 13.1 Å². The van der Waals surface area contributed by atoms with Crippen LogP contribution in [0.5, 0.6) is 5.75 Å². The molecule has 0 aliphatic heterocycles. The fourth-order valence-corrected chi connectivity index (χ4v) is 3.59. The Labute approximate surface area is 169 Å². The molecule has 0 atom stereocenters. The van der Waals surface area contributed by atoms with Gasteiger partial charge < -0.3 is 19.9 Å². The second kappa shape index (κ2) is 11.3. The maximum absolute atomic E-state index is 12.2. The minimum atomic E-state index is -0.335. The molecule has 0 unspecified atom stereocenters. The molecule has 2 amide bonds. The Morgan fingerprint density at radius 1 is 1.31 bits per heavy atom. The number of thiocarbonyl (C=S) groups is 1. The average Bonchev–Trinajstić information content (AvgIpc) is 2.60. The highest BCUT2D eigenvalue weighted by Crippen LogP contribution is 2.27. The van der Waals surface area contributed by atoms with Gasteiger partial charge in [-0.3, -0.25) is 9.59 Å². The van der Waals surface area contributed by atoms with Gasteiger partial charge in [0.1, 0.15) is 10.1 Å². The number of anilines is 1. The summed E-state index contributed by atoms with van der Waals surface area (Å²) in [5.41, 5.74) is 0.461. The molecular formula is C17H24ClN3O3S2. The monoisotopic (exact) mass is 417 g/mol. The minimum absolute atomic E-state index is 0.0763. The first-order chi connectivity index (χ1) is 12.3. The highest BCUT2D eigenvalue weighted by atomic mass is 35.5. The summed E-state index contributed by atoms with van der Waals surface area (Å²) in [6.07, 6.45) is 0. The molecule has 0 fully saturated rings. The summed E-state index contributed by atoms with van der Waals surface area (Å²) in [6, 6.07) is 4.93. The molecule has 0 heterocycles. The van der Waals surface area contributed by atoms with Crippen molar-refractivity contribution in [3.05, 3.63) is 23.2 Å². The molecule has 1 rings (SSSR count). The molecule has 1 aromatic rings. The van der Waals surface area contributed by atoms with Gasteiger partial charge >= 0.3 is 0 Å². The first kappa shape index (κ1) is 22.5. The van der Waals surface area contributed by atoms with Crippen LogP contribution in [0.2, 0.25) is 5.02 Å². The van der Waals surface area contributed by atoms with Crippen LogP contribution in [0.15, 0.2) is 18.2 Å². The van der Waals surface area contributed by atoms with E-state index < -0.39 is 0 Å². The molecule has 6 nitrogen and oxygen atoms in total. The van der Waals surface area contributed by atoms with E-state index in [2.05, 4.69) is 5.32 Å². The number of halogens is 1. The van der Waals surface area contributed by atoms with Gasteiger partial charge in [-0.05, 0) is 32.0 Å². The lowest BCUT2D eigenvalue weighted by Crippen LogP contribution is -2.36. The van der Waals surface area contributed by atoms with Gasteiger partial charge in [-0.25, -0.2) is 0 Å². The van der Waals surface area contributed by atoms with Crippen LogP contribution in [-0.2, 0) is 9.59 Å². The molecular weight excluding hydrogens is 394 g/mol. The van der Waals surface area contributed by atoms with Crippen molar-refractivity contribution in [3.8, 4) is 5.75 Å². The number of likely N-dealkylation sites (N-methyl/N-ethyl adjacent to an activating group) is 1. The third-order valence-electron chi connectivity index (χ3n) is 3.58. The third-order valence-corrected chi connectivity index (χ3v) is 5.33. The predicted molar refractivity (Wildman–Crippen MR) is 112 cm³/mol. The molecule has 0 aromatic heterocycles. The normalized spacial score (nSPS) is 10.2. The largest absolute Gasteiger partial charge is 0.495 e. The number of benzene rings is 1. The lowest BCUT2D eigenvalue weighted by molar-refractivity contribution is -0.131. The van der Waals surface area contributed by atoms with E-state index in [9.17, 15) is 9.59 Å². The summed E-state index contributed by atoms with van der Waals surface area (Å²) >= 11 is 12.6. The van der Waals surface area contributed by atoms with Gasteiger partial charge in [-0.15, -0.1) is 0 Å². The number of hydrogen-bond acceptors (Lipinski definition) is 5. The van der Waals surface area contributed by atoms with Gasteiger partial charge in [0.2, 0.25) is 11.8 Å². The lowest BCUT2D eigenvalue weighted by atomic mass is 10.3. The number of nitrogens with zero attached hydrogens (tertiary/aromatic N) is 2. The summed E-state index contributed by atoms with van der Waals surface area (Å²) in [7, 11) is 3.09. The van der Waals surface area contributed by atoms with Gasteiger partial charge in [-0.1, -0.05) is 35.6 Å². The number of hydrogen-bond donors (Lipinski definition) is 1. The number of carbonyl (C=O) groups excluding carboxylic acids is 2. The molecule has 26 heavy (non-hydrogen) atoms. The Morgan fingerprint density at radius 2 is 1.96 bits per heavy atom. The number of carbonyl (C=O) groups is 2. The zero-order valence-electron chi connectivity index (χ0n) is 15.4. The molecule has 0 radical (unpaired) electrons. The maximum atomic E-state index is 12.2. The Hall–Kier alpha value is -1.51. The average molecular weight is 418 g/mol. The number of amides is 2. The van der Waals surface area contributed by atoms with Crippen molar-refractivity contribution in [2.75, 3.05) is 44.9 Å². The molecule has 0 aliphatic carbocycles. The first-order valence-electron chi connectivity index (χ1n) is 8.11. The van der Waals surface area contributed by atoms with E-state index in [4.69, 9.17) is 28.6 Å². The second-order valence-corrected chi connectivity index (χ2v) is 7.42. The standard InChI is InChI=1S/C17H24ClN3O3S2/c1-5-21(6-2)17(25)26-11-16(23)20(3)10-15(22)19-13-9-12(18)7-8-14(13)24-4/h7-9H,5-6,10-11H2,1-4H3,(H,19,22). The molecule has 144 valence electrons. The van der Waals surface area contributed by atoms with E-state index in [-0.39, 0.29) is 24.1 Å². The third kappa shape index (κ3) is 7.01. The molecule has 9 heteroatoms. The van der Waals surface area contributed by atoms with E-state index in [1.807, 2.05) is 18.7 Å². The summed E-state index contributed by atoms with van der Waals surface area (Å²) < 4.78 is 5.87. The van der Waals surface area contributed by atoms with Crippen molar-refractivity contribution in [2.45, 2.75) is 13.8 Å². The SMILES string of the molecule is CCN(CC)C(=S)SCC(=O)N(C)CC(=O)Nc1cc(Cl)ccc1OC. The highest BCUT2D eigenvalue weighted by molar-refractivity contribution is 8.23. The smallest absolute Gasteiger partial charge is 0.244 e. The van der Waals surface area contributed by atoms with Crippen molar-refractivity contribution in [1.29, 1.82) is 0 Å². The summed E-state index contributed by atoms with van der Waals surface area (Å²) in [5, 5.41) is 3.18. The minimum Gasteiger partial charge on any atom is -0.495 e. The van der Waals surface area contributed by atoms with Crippen molar-refractivity contribution < 1.29 is 14.3 Å². The van der Waals surface area contributed by atoms with Crippen LogP contribution in [0.1, 0.15) is 13.8 Å². The molecule has 0 saturated carbocycles. The molecule has 0 bridgehead atoms. The van der Waals surface area contributed by atoms with Gasteiger partial charge in [0.15, 0.2) is 0 Å². The molecule has 1 aromatic carbocycles. The van der Waals surface area contributed by atoms with Gasteiger partial charge in [0.25, 0.3) is 0 Å².